The quantitative estimate of drug-likeness (QED) is 0.121. The molecule has 2 N–H and O–H groups in total. The van der Waals surface area contributed by atoms with Gasteiger partial charge in [-0.1, -0.05) is 97.3 Å². The van der Waals surface area contributed by atoms with E-state index in [1.807, 2.05) is 0 Å². The predicted molar refractivity (Wildman–Crippen MR) is 170 cm³/mol. The molecule has 2 amide bonds. The van der Waals surface area contributed by atoms with E-state index in [9.17, 15) is 14.4 Å². The summed E-state index contributed by atoms with van der Waals surface area (Å²) in [6, 6.07) is 15.1. The molecule has 0 heterocycles. The number of ketones is 1. The minimum Gasteiger partial charge on any atom is -0.493 e. The van der Waals surface area contributed by atoms with Crippen LogP contribution in [0.3, 0.4) is 0 Å². The average Bonchev–Trinajstić information content (AvgIpc) is 2.97. The molecule has 0 aliphatic heterocycles. The number of benzene rings is 2. The minimum atomic E-state index is -2.25. The second-order valence-electron chi connectivity index (χ2n) is 12.7. The molecule has 0 aliphatic rings. The summed E-state index contributed by atoms with van der Waals surface area (Å²) in [4.78, 5) is 38.9. The Hall–Kier alpha value is -2.90. The van der Waals surface area contributed by atoms with Crippen molar-refractivity contribution in [1.82, 2.24) is 5.32 Å². The van der Waals surface area contributed by atoms with Gasteiger partial charge in [0.05, 0.1) is 6.61 Å². The maximum absolute atomic E-state index is 13.3. The average molecular weight is 601 g/mol. The van der Waals surface area contributed by atoms with Gasteiger partial charge in [-0.2, -0.15) is 0 Å². The molecule has 0 bridgehead atoms. The Morgan fingerprint density at radius 3 is 2.07 bits per heavy atom. The molecule has 0 saturated heterocycles. The molecule has 0 aliphatic carbocycles. The standard InChI is InChI=1S/C34H49ClN2O5/c1-10-31(3,4)24-19-20-27(26(22-24)32(5,6)11-2)42-21-15-18-28(38)36-23-33(7,8)29(39)34(35,41-9)30(40)37-25-16-13-12-14-17-25/h12-14,16-17,19-20,22H,10-11,15,18,21,23H2,1-9H3,(H,36,38)(H,37,40). The lowest BCUT2D eigenvalue weighted by molar-refractivity contribution is -0.149. The van der Waals surface area contributed by atoms with Crippen LogP contribution in [0, 0.1) is 5.41 Å². The molecule has 8 heteroatoms. The highest BCUT2D eigenvalue weighted by Crippen LogP contribution is 2.38. The number of rotatable bonds is 16. The monoisotopic (exact) mass is 600 g/mol. The van der Waals surface area contributed by atoms with Crippen LogP contribution in [0.1, 0.15) is 92.2 Å². The number of hydrogen-bond acceptors (Lipinski definition) is 5. The molecule has 1 atom stereocenters. The summed E-state index contributed by atoms with van der Waals surface area (Å²) in [6.45, 7) is 16.9. The zero-order chi connectivity index (χ0) is 31.8. The zero-order valence-electron chi connectivity index (χ0n) is 26.8. The van der Waals surface area contributed by atoms with Crippen LogP contribution in [0.5, 0.6) is 5.75 Å². The van der Waals surface area contributed by atoms with Crippen molar-refractivity contribution in [1.29, 1.82) is 0 Å². The Morgan fingerprint density at radius 1 is 0.881 bits per heavy atom. The van der Waals surface area contributed by atoms with E-state index in [4.69, 9.17) is 21.1 Å². The lowest BCUT2D eigenvalue weighted by Crippen LogP contribution is -2.54. The van der Waals surface area contributed by atoms with Crippen LogP contribution in [0.4, 0.5) is 5.69 Å². The van der Waals surface area contributed by atoms with E-state index in [1.165, 1.54) is 18.2 Å². The fraction of sp³-hybridized carbons (Fsp3) is 0.559. The number of halogens is 1. The van der Waals surface area contributed by atoms with E-state index >= 15 is 0 Å². The van der Waals surface area contributed by atoms with Crippen molar-refractivity contribution in [2.75, 3.05) is 25.6 Å². The normalized spacial score (nSPS) is 13.7. The third-order valence-electron chi connectivity index (χ3n) is 8.30. The van der Waals surface area contributed by atoms with Crippen LogP contribution < -0.4 is 15.4 Å². The Balaban J connectivity index is 1.96. The Kier molecular flexibility index (Phi) is 12.2. The van der Waals surface area contributed by atoms with Gasteiger partial charge in [0.2, 0.25) is 5.91 Å². The third kappa shape index (κ3) is 8.81. The molecule has 2 aromatic carbocycles. The van der Waals surface area contributed by atoms with Gasteiger partial charge in [-0.3, -0.25) is 14.4 Å². The molecule has 7 nitrogen and oxygen atoms in total. The lowest BCUT2D eigenvalue weighted by atomic mass is 9.76. The third-order valence-corrected chi connectivity index (χ3v) is 8.80. The smallest absolute Gasteiger partial charge is 0.281 e. The van der Waals surface area contributed by atoms with E-state index in [-0.39, 0.29) is 29.7 Å². The largest absolute Gasteiger partial charge is 0.493 e. The van der Waals surface area contributed by atoms with Crippen molar-refractivity contribution in [2.24, 2.45) is 5.41 Å². The van der Waals surface area contributed by atoms with Gasteiger partial charge in [0, 0.05) is 36.7 Å². The second-order valence-corrected chi connectivity index (χ2v) is 13.3. The molecule has 232 valence electrons. The summed E-state index contributed by atoms with van der Waals surface area (Å²) in [7, 11) is 1.20. The Labute approximate surface area is 257 Å². The van der Waals surface area contributed by atoms with Crippen molar-refractivity contribution in [3.63, 3.8) is 0 Å². The number of nitrogens with one attached hydrogen (secondary N) is 2. The van der Waals surface area contributed by atoms with Crippen LogP contribution in [-0.4, -0.2) is 42.9 Å². The Morgan fingerprint density at radius 2 is 1.50 bits per heavy atom. The van der Waals surface area contributed by atoms with Crippen LogP contribution >= 0.6 is 11.6 Å². The molecular weight excluding hydrogens is 552 g/mol. The number of hydrogen-bond donors (Lipinski definition) is 2. The summed E-state index contributed by atoms with van der Waals surface area (Å²) >= 11 is 6.42. The summed E-state index contributed by atoms with van der Waals surface area (Å²) in [6.07, 6.45) is 2.74. The number of para-hydroxylation sites is 1. The first kappa shape index (κ1) is 35.3. The SMILES string of the molecule is CCC(C)(C)c1ccc(OCCCC(=O)NCC(C)(C)C(=O)C(Cl)(OC)C(=O)Nc2ccccc2)c(C(C)(C)CC)c1. The van der Waals surface area contributed by atoms with Crippen molar-refractivity contribution >= 4 is 34.9 Å². The molecule has 0 fully saturated rings. The van der Waals surface area contributed by atoms with Gasteiger partial charge in [0.1, 0.15) is 5.75 Å². The maximum atomic E-state index is 13.3. The number of ether oxygens (including phenoxy) is 2. The minimum absolute atomic E-state index is 0.00845. The van der Waals surface area contributed by atoms with E-state index in [2.05, 4.69) is 70.4 Å². The second kappa shape index (κ2) is 14.5. The summed E-state index contributed by atoms with van der Waals surface area (Å²) in [5, 5.41) is 3.17. The van der Waals surface area contributed by atoms with Crippen molar-refractivity contribution in [2.45, 2.75) is 97.0 Å². The summed E-state index contributed by atoms with van der Waals surface area (Å²) in [5.41, 5.74) is 1.79. The van der Waals surface area contributed by atoms with Crippen LogP contribution in [0.15, 0.2) is 48.5 Å². The number of carbonyl (C=O) groups is 3. The highest BCUT2D eigenvalue weighted by molar-refractivity contribution is 6.47. The van der Waals surface area contributed by atoms with Crippen LogP contribution in [0.2, 0.25) is 0 Å². The number of alkyl halides is 1. The van der Waals surface area contributed by atoms with E-state index < -0.39 is 22.2 Å². The van der Waals surface area contributed by atoms with Gasteiger partial charge in [0.15, 0.2) is 5.78 Å². The Bertz CT molecular complexity index is 1230. The molecule has 0 radical (unpaired) electrons. The van der Waals surface area contributed by atoms with Gasteiger partial charge < -0.3 is 20.1 Å². The van der Waals surface area contributed by atoms with Crippen molar-refractivity contribution in [3.8, 4) is 5.75 Å². The predicted octanol–water partition coefficient (Wildman–Crippen LogP) is 7.15. The number of Topliss-reactive ketones (excluding diaryl/α,β-unsaturated/α-hetero) is 1. The van der Waals surface area contributed by atoms with Gasteiger partial charge in [0.25, 0.3) is 11.0 Å². The van der Waals surface area contributed by atoms with E-state index in [1.54, 1.807) is 44.2 Å². The fourth-order valence-electron chi connectivity index (χ4n) is 4.36. The highest BCUT2D eigenvalue weighted by Gasteiger charge is 2.51. The molecule has 2 rings (SSSR count). The molecule has 0 saturated carbocycles. The van der Waals surface area contributed by atoms with E-state index in [0.29, 0.717) is 18.7 Å². The van der Waals surface area contributed by atoms with Gasteiger partial charge in [-0.25, -0.2) is 0 Å². The number of carbonyl (C=O) groups excluding carboxylic acids is 3. The van der Waals surface area contributed by atoms with Crippen LogP contribution in [0.25, 0.3) is 0 Å². The first-order valence-corrected chi connectivity index (χ1v) is 15.1. The van der Waals surface area contributed by atoms with E-state index in [0.717, 1.165) is 18.6 Å². The molecule has 42 heavy (non-hydrogen) atoms. The molecule has 0 spiro atoms. The maximum Gasteiger partial charge on any atom is 0.281 e. The topological polar surface area (TPSA) is 93.7 Å². The zero-order valence-corrected chi connectivity index (χ0v) is 27.5. The number of methoxy groups -OCH3 is 1. The van der Waals surface area contributed by atoms with Gasteiger partial charge in [-0.15, -0.1) is 0 Å². The van der Waals surface area contributed by atoms with Gasteiger partial charge in [-0.05, 0) is 53.9 Å². The van der Waals surface area contributed by atoms with Gasteiger partial charge >= 0.3 is 0 Å². The first-order chi connectivity index (χ1) is 19.5. The molecule has 1 unspecified atom stereocenters. The molecular formula is C34H49ClN2O5. The number of anilines is 1. The summed E-state index contributed by atoms with van der Waals surface area (Å²) < 4.78 is 11.4. The molecule has 0 aromatic heterocycles. The first-order valence-electron chi connectivity index (χ1n) is 14.7. The lowest BCUT2D eigenvalue weighted by Gasteiger charge is -2.32. The van der Waals surface area contributed by atoms with Crippen molar-refractivity contribution in [3.05, 3.63) is 59.7 Å². The van der Waals surface area contributed by atoms with Crippen molar-refractivity contribution < 1.29 is 23.9 Å². The highest BCUT2D eigenvalue weighted by atomic mass is 35.5. The fourth-order valence-corrected chi connectivity index (χ4v) is 4.66. The van der Waals surface area contributed by atoms with Crippen LogP contribution in [-0.2, 0) is 30.0 Å². The number of amides is 2. The summed E-state index contributed by atoms with van der Waals surface area (Å²) in [5.74, 6) is -0.829. The molecule has 2 aromatic rings.